The van der Waals surface area contributed by atoms with Gasteiger partial charge in [-0.1, -0.05) is 24.3 Å². The van der Waals surface area contributed by atoms with Crippen molar-refractivity contribution in [2.24, 2.45) is 0 Å². The first-order chi connectivity index (χ1) is 21.3. The highest BCUT2D eigenvalue weighted by molar-refractivity contribution is 8.00. The van der Waals surface area contributed by atoms with Gasteiger partial charge in [-0.15, -0.1) is 11.8 Å². The van der Waals surface area contributed by atoms with Crippen molar-refractivity contribution in [2.45, 2.75) is 17.1 Å². The van der Waals surface area contributed by atoms with E-state index in [2.05, 4.69) is 20.9 Å². The van der Waals surface area contributed by atoms with E-state index in [4.69, 9.17) is 14.2 Å². The third kappa shape index (κ3) is 8.39. The largest absolute Gasteiger partial charge is 0.493 e. The molecule has 0 saturated carbocycles. The van der Waals surface area contributed by atoms with Crippen molar-refractivity contribution in [2.75, 3.05) is 32.0 Å². The Morgan fingerprint density at radius 3 is 2.07 bits per heavy atom. The van der Waals surface area contributed by atoms with E-state index < -0.39 is 17.1 Å². The Balaban J connectivity index is 1.52. The lowest BCUT2D eigenvalue weighted by Crippen LogP contribution is -2.30. The van der Waals surface area contributed by atoms with Crippen molar-refractivity contribution in [1.29, 1.82) is 0 Å². The number of carbonyl (C=O) groups excluding carboxylic acids is 3. The minimum atomic E-state index is -0.549. The Labute approximate surface area is 259 Å². The van der Waals surface area contributed by atoms with E-state index in [9.17, 15) is 14.4 Å². The summed E-state index contributed by atoms with van der Waals surface area (Å²) < 4.78 is 16.3. The highest BCUT2D eigenvalue weighted by Gasteiger charge is 2.19. The summed E-state index contributed by atoms with van der Waals surface area (Å²) in [6.07, 6.45) is 3.13. The van der Waals surface area contributed by atoms with E-state index in [0.717, 1.165) is 4.90 Å². The van der Waals surface area contributed by atoms with Gasteiger partial charge in [0.05, 0.1) is 26.6 Å². The average Bonchev–Trinajstić information content (AvgIpc) is 3.05. The lowest BCUT2D eigenvalue weighted by molar-refractivity contribution is -0.115. The van der Waals surface area contributed by atoms with Crippen LogP contribution >= 0.6 is 11.8 Å². The van der Waals surface area contributed by atoms with Crippen molar-refractivity contribution in [3.63, 3.8) is 0 Å². The van der Waals surface area contributed by atoms with Gasteiger partial charge in [0.15, 0.2) is 11.5 Å². The number of methoxy groups -OCH3 is 3. The summed E-state index contributed by atoms with van der Waals surface area (Å²) in [5.41, 5.74) is 1.41. The molecule has 44 heavy (non-hydrogen) atoms. The second-order valence-electron chi connectivity index (χ2n) is 9.28. The molecule has 3 amide bonds. The molecule has 11 heteroatoms. The van der Waals surface area contributed by atoms with Gasteiger partial charge in [0.25, 0.3) is 11.8 Å². The van der Waals surface area contributed by atoms with Gasteiger partial charge in [-0.3, -0.25) is 14.4 Å². The van der Waals surface area contributed by atoms with Crippen molar-refractivity contribution >= 4 is 47.1 Å². The summed E-state index contributed by atoms with van der Waals surface area (Å²) >= 11 is 1.37. The van der Waals surface area contributed by atoms with Crippen molar-refractivity contribution in [1.82, 2.24) is 10.3 Å². The summed E-state index contributed by atoms with van der Waals surface area (Å²) in [7, 11) is 4.48. The number of nitrogens with zero attached hydrogens (tertiary/aromatic N) is 1. The molecule has 0 fully saturated rings. The lowest BCUT2D eigenvalue weighted by Gasteiger charge is -2.15. The standard InChI is InChI=1S/C33H32N4O6S/c1-21(31(38)37-29-12-8-9-17-34-29)44-25-15-13-24(14-16-25)35-33(40)26(36-32(39)23-10-6-5-7-11-23)18-22-19-27(41-2)30(43-4)28(20-22)42-3/h5-21H,1-4H3,(H,35,40)(H,36,39)(H,34,37,38)/b26-18-. The quantitative estimate of drug-likeness (QED) is 0.139. The maximum absolute atomic E-state index is 13.5. The van der Waals surface area contributed by atoms with Crippen molar-refractivity contribution in [3.05, 3.63) is 108 Å². The van der Waals surface area contributed by atoms with Crippen LogP contribution in [0.4, 0.5) is 11.5 Å². The summed E-state index contributed by atoms with van der Waals surface area (Å²) in [6, 6.07) is 24.2. The topological polar surface area (TPSA) is 128 Å². The number of ether oxygens (including phenoxy) is 3. The number of nitrogens with one attached hydrogen (secondary N) is 3. The lowest BCUT2D eigenvalue weighted by atomic mass is 10.1. The predicted molar refractivity (Wildman–Crippen MR) is 171 cm³/mol. The van der Waals surface area contributed by atoms with Gasteiger partial charge in [-0.2, -0.15) is 0 Å². The van der Waals surface area contributed by atoms with Crippen LogP contribution in [0.3, 0.4) is 0 Å². The third-order valence-electron chi connectivity index (χ3n) is 6.24. The van der Waals surface area contributed by atoms with E-state index in [1.165, 1.54) is 39.2 Å². The van der Waals surface area contributed by atoms with Crippen molar-refractivity contribution < 1.29 is 28.6 Å². The van der Waals surface area contributed by atoms with Gasteiger partial charge in [0.1, 0.15) is 11.5 Å². The number of thioether (sulfide) groups is 1. The maximum atomic E-state index is 13.5. The first-order valence-electron chi connectivity index (χ1n) is 13.5. The van der Waals surface area contributed by atoms with Crippen LogP contribution in [-0.2, 0) is 9.59 Å². The predicted octanol–water partition coefficient (Wildman–Crippen LogP) is 5.64. The Bertz CT molecular complexity index is 1600. The molecule has 1 aromatic heterocycles. The molecule has 1 unspecified atom stereocenters. The average molecular weight is 613 g/mol. The van der Waals surface area contributed by atoms with Crippen LogP contribution in [0, 0.1) is 0 Å². The number of pyridine rings is 1. The number of rotatable bonds is 12. The number of hydrogen-bond acceptors (Lipinski definition) is 8. The fourth-order valence-electron chi connectivity index (χ4n) is 4.03. The minimum Gasteiger partial charge on any atom is -0.493 e. The molecule has 3 N–H and O–H groups in total. The highest BCUT2D eigenvalue weighted by atomic mass is 32.2. The smallest absolute Gasteiger partial charge is 0.272 e. The van der Waals surface area contributed by atoms with Gasteiger partial charge in [-0.25, -0.2) is 4.98 Å². The molecule has 0 aliphatic rings. The van der Waals surface area contributed by atoms with Crippen LogP contribution in [0.25, 0.3) is 6.08 Å². The monoisotopic (exact) mass is 612 g/mol. The Morgan fingerprint density at radius 1 is 0.818 bits per heavy atom. The molecule has 0 radical (unpaired) electrons. The molecule has 4 aromatic rings. The molecule has 4 rings (SSSR count). The number of aromatic nitrogens is 1. The molecule has 1 heterocycles. The van der Waals surface area contributed by atoms with E-state index in [1.54, 1.807) is 98.0 Å². The zero-order valence-electron chi connectivity index (χ0n) is 24.6. The van der Waals surface area contributed by atoms with Gasteiger partial charge in [0.2, 0.25) is 11.7 Å². The SMILES string of the molecule is COc1cc(/C=C(\NC(=O)c2ccccc2)C(=O)Nc2ccc(SC(C)C(=O)Nc3ccccn3)cc2)cc(OC)c1OC. The van der Waals surface area contributed by atoms with E-state index in [-0.39, 0.29) is 11.6 Å². The van der Waals surface area contributed by atoms with E-state index in [0.29, 0.717) is 39.9 Å². The normalized spacial score (nSPS) is 11.6. The van der Waals surface area contributed by atoms with Crippen LogP contribution in [-0.4, -0.2) is 49.3 Å². The number of amides is 3. The van der Waals surface area contributed by atoms with Crippen LogP contribution in [0.2, 0.25) is 0 Å². The molecule has 0 saturated heterocycles. The number of carbonyl (C=O) groups is 3. The molecule has 226 valence electrons. The second-order valence-corrected chi connectivity index (χ2v) is 10.7. The fourth-order valence-corrected chi connectivity index (χ4v) is 4.90. The molecule has 0 bridgehead atoms. The van der Waals surface area contributed by atoms with Crippen LogP contribution in [0.15, 0.2) is 102 Å². The third-order valence-corrected chi connectivity index (χ3v) is 7.35. The Hall–Kier alpha value is -5.29. The number of benzene rings is 3. The highest BCUT2D eigenvalue weighted by Crippen LogP contribution is 2.38. The van der Waals surface area contributed by atoms with Crippen LogP contribution in [0.5, 0.6) is 17.2 Å². The van der Waals surface area contributed by atoms with E-state index >= 15 is 0 Å². The first-order valence-corrected chi connectivity index (χ1v) is 14.4. The molecule has 0 aliphatic carbocycles. The van der Waals surface area contributed by atoms with Crippen LogP contribution < -0.4 is 30.2 Å². The van der Waals surface area contributed by atoms with E-state index in [1.807, 2.05) is 0 Å². The molecular formula is C33H32N4O6S. The summed E-state index contributed by atoms with van der Waals surface area (Å²) in [6.45, 7) is 1.80. The number of hydrogen-bond donors (Lipinski definition) is 3. The maximum Gasteiger partial charge on any atom is 0.272 e. The van der Waals surface area contributed by atoms with Gasteiger partial charge in [0, 0.05) is 22.3 Å². The molecular weight excluding hydrogens is 580 g/mol. The van der Waals surface area contributed by atoms with Crippen molar-refractivity contribution in [3.8, 4) is 17.2 Å². The summed E-state index contributed by atoms with van der Waals surface area (Å²) in [4.78, 5) is 44.0. The number of anilines is 2. The fraction of sp³-hybridized carbons (Fsp3) is 0.152. The minimum absolute atomic E-state index is 0.00797. The van der Waals surface area contributed by atoms with Gasteiger partial charge >= 0.3 is 0 Å². The molecule has 1 atom stereocenters. The Kier molecular flexibility index (Phi) is 11.0. The second kappa shape index (κ2) is 15.3. The molecule has 0 spiro atoms. The molecule has 10 nitrogen and oxygen atoms in total. The summed E-state index contributed by atoms with van der Waals surface area (Å²) in [5.74, 6) is 0.481. The van der Waals surface area contributed by atoms with Gasteiger partial charge in [-0.05, 0) is 79.2 Å². The summed E-state index contributed by atoms with van der Waals surface area (Å²) in [5, 5.41) is 7.95. The first kappa shape index (κ1) is 31.6. The van der Waals surface area contributed by atoms with Crippen LogP contribution in [0.1, 0.15) is 22.8 Å². The zero-order chi connectivity index (χ0) is 31.5. The Morgan fingerprint density at radius 2 is 1.48 bits per heavy atom. The molecule has 3 aromatic carbocycles. The molecule has 0 aliphatic heterocycles. The van der Waals surface area contributed by atoms with Gasteiger partial charge < -0.3 is 30.2 Å². The zero-order valence-corrected chi connectivity index (χ0v) is 25.4.